The Bertz CT molecular complexity index is 6050. The number of para-hydroxylation sites is 2. The molecule has 5 N–H and O–H groups in total. The number of hydrogen-bond donors (Lipinski definition) is 5. The minimum Gasteiger partial charge on any atom is -0.539 e. The second-order valence-electron chi connectivity index (χ2n) is 31.0. The van der Waals surface area contributed by atoms with E-state index in [1.165, 1.54) is 0 Å². The smallest absolute Gasteiger partial charge is 0.504 e. The lowest BCUT2D eigenvalue weighted by Gasteiger charge is -2.36. The number of aryl methyl sites for hydroxylation is 1. The Morgan fingerprint density at radius 2 is 0.992 bits per heavy atom. The highest BCUT2D eigenvalue weighted by Crippen LogP contribution is 2.50. The summed E-state index contributed by atoms with van der Waals surface area (Å²) in [7, 11) is 10.1. The summed E-state index contributed by atoms with van der Waals surface area (Å²) in [6.07, 6.45) is 3.00. The molecule has 13 aromatic carbocycles. The average molecular weight is 1690 g/mol. The van der Waals surface area contributed by atoms with Gasteiger partial charge in [0.25, 0.3) is 11.8 Å². The van der Waals surface area contributed by atoms with Gasteiger partial charge < -0.3 is 59.1 Å². The summed E-state index contributed by atoms with van der Waals surface area (Å²) < 4.78 is 30.2. The fourth-order valence-corrected chi connectivity index (χ4v) is 17.9. The number of methoxy groups -OCH3 is 2. The van der Waals surface area contributed by atoms with E-state index in [-0.39, 0.29) is 74.1 Å². The third-order valence-corrected chi connectivity index (χ3v) is 24.1. The van der Waals surface area contributed by atoms with Crippen LogP contribution in [0.3, 0.4) is 0 Å². The van der Waals surface area contributed by atoms with Gasteiger partial charge in [0, 0.05) is 115 Å². The van der Waals surface area contributed by atoms with E-state index in [2.05, 4.69) is 105 Å². The lowest BCUT2D eigenvalue weighted by molar-refractivity contribution is -0.121. The number of ether oxygens (including phenoxy) is 3. The van der Waals surface area contributed by atoms with E-state index in [0.29, 0.717) is 104 Å². The molecule has 14 aromatic rings. The molecule has 0 fully saturated rings. The Kier molecular flexibility index (Phi) is 29.8. The fourth-order valence-electron chi connectivity index (χ4n) is 16.4. The van der Waals surface area contributed by atoms with Crippen molar-refractivity contribution in [3.63, 3.8) is 0 Å². The first kappa shape index (κ1) is 88.1. The molecule has 14 rings (SSSR count). The molecular formula is C101H101B2N9O12S. The monoisotopic (exact) mass is 1690 g/mol. The number of benzene rings is 13. The highest BCUT2D eigenvalue weighted by Gasteiger charge is 2.38. The van der Waals surface area contributed by atoms with Gasteiger partial charge in [-0.3, -0.25) is 33.7 Å². The summed E-state index contributed by atoms with van der Waals surface area (Å²) in [4.78, 5) is 65.6. The van der Waals surface area contributed by atoms with Crippen molar-refractivity contribution >= 4 is 93.9 Å². The zero-order valence-corrected chi connectivity index (χ0v) is 72.0. The van der Waals surface area contributed by atoms with Crippen LogP contribution in [0.25, 0.3) is 43.1 Å². The lowest BCUT2D eigenvalue weighted by atomic mass is 9.83. The van der Waals surface area contributed by atoms with Gasteiger partial charge in [-0.05, 0) is 168 Å². The maximum Gasteiger partial charge on any atom is 0.504 e. The van der Waals surface area contributed by atoms with Crippen molar-refractivity contribution in [3.8, 4) is 40.6 Å². The molecule has 0 bridgehead atoms. The molecule has 634 valence electrons. The molecule has 0 aliphatic heterocycles. The van der Waals surface area contributed by atoms with Crippen molar-refractivity contribution in [2.45, 2.75) is 96.0 Å². The third kappa shape index (κ3) is 21.2. The number of amides is 4. The second-order valence-corrected chi connectivity index (χ2v) is 32.4. The number of aliphatic hydroxyl groups is 1. The maximum absolute atomic E-state index is 15.5. The minimum absolute atomic E-state index is 0.102. The Morgan fingerprint density at radius 3 is 1.52 bits per heavy atom. The van der Waals surface area contributed by atoms with E-state index >= 15 is 9.59 Å². The maximum atomic E-state index is 15.5. The van der Waals surface area contributed by atoms with Gasteiger partial charge in [-0.2, -0.15) is 0 Å². The number of hydrogen-bond acceptors (Lipinski definition) is 17. The fraction of sp³-hybridized carbons (Fsp3) is 0.228. The summed E-state index contributed by atoms with van der Waals surface area (Å²) in [5, 5.41) is 52.9. The molecule has 0 aliphatic carbocycles. The minimum atomic E-state index is -0.916. The number of aromatic nitrogens is 3. The molecular weight excluding hydrogens is 1580 g/mol. The predicted octanol–water partition coefficient (Wildman–Crippen LogP) is 15.1. The van der Waals surface area contributed by atoms with Gasteiger partial charge >= 0.3 is 15.4 Å². The molecule has 1 heterocycles. The number of carbonyl (C=O) groups excluding carboxylic acids is 4. The van der Waals surface area contributed by atoms with E-state index in [1.807, 2.05) is 194 Å². The number of fused-ring (bicyclic) bond motifs is 4. The van der Waals surface area contributed by atoms with Crippen LogP contribution >= 0.6 is 11.8 Å². The predicted molar refractivity (Wildman–Crippen MR) is 496 cm³/mol. The van der Waals surface area contributed by atoms with Crippen LogP contribution < -0.4 is 34.2 Å². The van der Waals surface area contributed by atoms with Crippen molar-refractivity contribution in [1.82, 2.24) is 45.2 Å². The SMILES string of the molecule is COc1ccc(C(SCCC(=O)NCCCn2cc(COc3cc(C(=O)N(C)Cc4c5ccccc5c(CN(C)Cc5ccccc5OBO)c5ccccc45)ccc3C(=O)N(C)Cc3c4ccccc4c(CN(C)Cc4ccccc4OBO)c4ccccc34)nn2)(c2ccc(CO)cc2)c2ccc(OC)c(C#CCCC(=O)NCc3ccccc3)c2)cc1. The van der Waals surface area contributed by atoms with Crippen molar-refractivity contribution < 1.29 is 57.9 Å². The Labute approximate surface area is 734 Å². The number of aliphatic hydroxyl groups excluding tert-OH is 1. The number of carbonyl (C=O) groups is 4. The Balaban J connectivity index is 0.688. The Hall–Kier alpha value is -13.2. The van der Waals surface area contributed by atoms with Crippen molar-refractivity contribution in [2.75, 3.05) is 54.7 Å². The normalized spacial score (nSPS) is 11.7. The zero-order chi connectivity index (χ0) is 87.2. The van der Waals surface area contributed by atoms with Gasteiger partial charge in [0.1, 0.15) is 41.0 Å². The number of nitrogens with zero attached hydrogens (tertiary/aromatic N) is 7. The first-order valence-corrected chi connectivity index (χ1v) is 42.8. The summed E-state index contributed by atoms with van der Waals surface area (Å²) in [5.41, 5.74) is 12.2. The third-order valence-electron chi connectivity index (χ3n) is 22.5. The number of rotatable bonds is 39. The van der Waals surface area contributed by atoms with E-state index in [0.717, 1.165) is 104 Å². The van der Waals surface area contributed by atoms with Gasteiger partial charge in [0.15, 0.2) is 0 Å². The zero-order valence-electron chi connectivity index (χ0n) is 71.2. The van der Waals surface area contributed by atoms with Crippen molar-refractivity contribution in [1.29, 1.82) is 0 Å². The van der Waals surface area contributed by atoms with Crippen LogP contribution in [0.1, 0.15) is 119 Å². The largest absolute Gasteiger partial charge is 0.539 e. The van der Waals surface area contributed by atoms with E-state index in [4.69, 9.17) is 23.5 Å². The van der Waals surface area contributed by atoms with E-state index < -0.39 is 20.1 Å². The highest BCUT2D eigenvalue weighted by atomic mass is 32.2. The summed E-state index contributed by atoms with van der Waals surface area (Å²) in [5.74, 6) is 8.70. The molecule has 0 spiro atoms. The standard InChI is InChI=1S/C101H101B2N9O12S/c1-108(60-73-28-10-21-38-94(73)123-102-118)63-89-80-30-13-17-34-84(80)91(85-35-18-14-31-81(85)89)65-110(3)99(116)72-43-51-88(100(117)111(4)66-92-86-36-19-15-32-82(86)90(83-33-16-20-37-87(83)92)64-109(2)61-74-29-11-22-39-95(74)124-103-119)96(58-72)122-68-78-62-112(107-106-78)55-24-54-104-98(115)53-56-125-101(75-44-41-70(67-113)42-45-75,76-46-49-79(120-5)50-47-76)77-48-52-93(121-6)71(57-77)27-12-23-40-97(114)105-59-69-25-8-7-9-26-69/h7-11,13-22,25-26,28-39,41-52,57-58,62,102-103,113,118-119H,23-24,40,53-56,59-61,63-68H2,1-6H3,(H,104,115)(H,105,114). The molecule has 24 heteroatoms. The van der Waals surface area contributed by atoms with Crippen LogP contribution in [0.2, 0.25) is 0 Å². The summed E-state index contributed by atoms with van der Waals surface area (Å²) >= 11 is 1.60. The molecule has 21 nitrogen and oxygen atoms in total. The van der Waals surface area contributed by atoms with Crippen LogP contribution in [0, 0.1) is 11.8 Å². The molecule has 0 radical (unpaired) electrons. The summed E-state index contributed by atoms with van der Waals surface area (Å²) in [6.45, 7) is 3.71. The van der Waals surface area contributed by atoms with Crippen LogP contribution in [-0.4, -0.2) is 143 Å². The van der Waals surface area contributed by atoms with Gasteiger partial charge in [-0.1, -0.05) is 223 Å². The molecule has 0 aliphatic rings. The van der Waals surface area contributed by atoms with Crippen LogP contribution in [0.5, 0.6) is 28.7 Å². The van der Waals surface area contributed by atoms with Gasteiger partial charge in [-0.25, -0.2) is 0 Å². The van der Waals surface area contributed by atoms with Crippen molar-refractivity contribution in [2.24, 2.45) is 0 Å². The van der Waals surface area contributed by atoms with Crippen LogP contribution in [0.4, 0.5) is 0 Å². The molecule has 1 atom stereocenters. The van der Waals surface area contributed by atoms with Crippen LogP contribution in [0.15, 0.2) is 267 Å². The van der Waals surface area contributed by atoms with Gasteiger partial charge in [-0.15, -0.1) is 16.9 Å². The first-order chi connectivity index (χ1) is 61.0. The number of nitrogens with one attached hydrogen (secondary N) is 2. The van der Waals surface area contributed by atoms with E-state index in [9.17, 15) is 24.7 Å². The van der Waals surface area contributed by atoms with Crippen LogP contribution in [-0.2, 0) is 79.9 Å². The number of thioether (sulfide) groups is 1. The van der Waals surface area contributed by atoms with Gasteiger partial charge in [0.2, 0.25) is 11.8 Å². The molecule has 0 saturated heterocycles. The van der Waals surface area contributed by atoms with E-state index in [1.54, 1.807) is 79.0 Å². The second kappa shape index (κ2) is 42.2. The molecule has 125 heavy (non-hydrogen) atoms. The van der Waals surface area contributed by atoms with Crippen molar-refractivity contribution in [3.05, 3.63) is 351 Å². The highest BCUT2D eigenvalue weighted by molar-refractivity contribution is 8.00. The lowest BCUT2D eigenvalue weighted by Crippen LogP contribution is -2.29. The Morgan fingerprint density at radius 1 is 0.496 bits per heavy atom. The molecule has 1 unspecified atom stereocenters. The molecule has 0 saturated carbocycles. The quantitative estimate of drug-likeness (QED) is 0.00790. The van der Waals surface area contributed by atoms with Gasteiger partial charge in [0.05, 0.1) is 42.9 Å². The topological polar surface area (TPSA) is 243 Å². The summed E-state index contributed by atoms with van der Waals surface area (Å²) in [6, 6.07) is 85.0. The average Bonchev–Trinajstić information content (AvgIpc) is 0.833. The molecule has 1 aromatic heterocycles. The first-order valence-electron chi connectivity index (χ1n) is 41.8. The molecule has 4 amide bonds.